The molecule has 5 heteroatoms. The van der Waals surface area contributed by atoms with Crippen LogP contribution in [0.3, 0.4) is 0 Å². The molecule has 4 nitrogen and oxygen atoms in total. The van der Waals surface area contributed by atoms with Crippen molar-refractivity contribution in [3.8, 4) is 11.5 Å². The van der Waals surface area contributed by atoms with Crippen molar-refractivity contribution in [3.63, 3.8) is 0 Å². The van der Waals surface area contributed by atoms with Crippen LogP contribution in [0.15, 0.2) is 18.2 Å². The third-order valence-electron chi connectivity index (χ3n) is 2.79. The van der Waals surface area contributed by atoms with Crippen LogP contribution in [-0.4, -0.2) is 17.7 Å². The summed E-state index contributed by atoms with van der Waals surface area (Å²) in [5.74, 6) is 2.52. The number of rotatable bonds is 2. The molecule has 1 aromatic heterocycles. The number of hydrogen-bond acceptors (Lipinski definition) is 4. The Morgan fingerprint density at radius 1 is 1.24 bits per heavy atom. The van der Waals surface area contributed by atoms with Crippen molar-refractivity contribution in [2.24, 2.45) is 0 Å². The van der Waals surface area contributed by atoms with Gasteiger partial charge < -0.3 is 15.2 Å². The van der Waals surface area contributed by atoms with Crippen LogP contribution in [0.4, 0.5) is 5.82 Å². The Hall–Kier alpha value is -1.68. The summed E-state index contributed by atoms with van der Waals surface area (Å²) in [7, 11) is 0. The molecule has 2 aromatic rings. The Bertz CT molecular complexity index is 586. The van der Waals surface area contributed by atoms with Crippen molar-refractivity contribution < 1.29 is 9.47 Å². The maximum absolute atomic E-state index is 5.88. The van der Waals surface area contributed by atoms with Crippen molar-refractivity contribution in [2.45, 2.75) is 6.42 Å². The maximum Gasteiger partial charge on any atom is 0.231 e. The lowest BCUT2D eigenvalue weighted by molar-refractivity contribution is 0.174. The fourth-order valence-electron chi connectivity index (χ4n) is 1.92. The summed E-state index contributed by atoms with van der Waals surface area (Å²) in [4.78, 5) is 4.36. The van der Waals surface area contributed by atoms with E-state index in [1.807, 2.05) is 18.2 Å². The molecule has 0 fully saturated rings. The second-order valence-corrected chi connectivity index (χ2v) is 4.25. The minimum absolute atomic E-state index is 0.260. The summed E-state index contributed by atoms with van der Waals surface area (Å²) in [5.41, 5.74) is 7.65. The summed E-state index contributed by atoms with van der Waals surface area (Å²) in [6.07, 6.45) is 0.713. The van der Waals surface area contributed by atoms with E-state index in [-0.39, 0.29) is 6.79 Å². The highest BCUT2D eigenvalue weighted by Gasteiger charge is 2.15. The van der Waals surface area contributed by atoms with Crippen LogP contribution in [0, 0.1) is 0 Å². The number of hydrogen-bond donors (Lipinski definition) is 1. The molecule has 1 aliphatic rings. The van der Waals surface area contributed by atoms with Crippen molar-refractivity contribution in [1.82, 2.24) is 4.98 Å². The molecule has 0 saturated carbocycles. The van der Waals surface area contributed by atoms with E-state index in [0.29, 0.717) is 18.1 Å². The van der Waals surface area contributed by atoms with E-state index in [0.717, 1.165) is 28.0 Å². The van der Waals surface area contributed by atoms with Gasteiger partial charge in [-0.05, 0) is 24.1 Å². The molecule has 2 N–H and O–H groups in total. The zero-order valence-corrected chi connectivity index (χ0v) is 9.83. The van der Waals surface area contributed by atoms with Crippen LogP contribution < -0.4 is 15.2 Å². The van der Waals surface area contributed by atoms with Gasteiger partial charge in [-0.25, -0.2) is 4.98 Å². The minimum Gasteiger partial charge on any atom is -0.454 e. The van der Waals surface area contributed by atoms with Crippen molar-refractivity contribution in [3.05, 3.63) is 23.8 Å². The average molecular weight is 251 g/mol. The predicted molar refractivity (Wildman–Crippen MR) is 66.7 cm³/mol. The first-order valence-corrected chi connectivity index (χ1v) is 5.86. The van der Waals surface area contributed by atoms with Gasteiger partial charge in [-0.3, -0.25) is 0 Å². The fourth-order valence-corrected chi connectivity index (χ4v) is 2.13. The molecule has 88 valence electrons. The second kappa shape index (κ2) is 3.96. The van der Waals surface area contributed by atoms with Gasteiger partial charge in [0.2, 0.25) is 6.79 Å². The van der Waals surface area contributed by atoms with E-state index in [1.165, 1.54) is 0 Å². The zero-order chi connectivity index (χ0) is 11.8. The van der Waals surface area contributed by atoms with E-state index < -0.39 is 0 Å². The minimum atomic E-state index is 0.260. The van der Waals surface area contributed by atoms with Crippen LogP contribution in [0.2, 0.25) is 0 Å². The first-order valence-electron chi connectivity index (χ1n) is 5.32. The number of alkyl halides is 1. The first kappa shape index (κ1) is 10.5. The third-order valence-corrected chi connectivity index (χ3v) is 2.97. The number of nitrogens with zero attached hydrogens (tertiary/aromatic N) is 1. The lowest BCUT2D eigenvalue weighted by Crippen LogP contribution is -1.99. The smallest absolute Gasteiger partial charge is 0.231 e. The number of aromatic nitrogens is 1. The largest absolute Gasteiger partial charge is 0.454 e. The molecule has 0 spiro atoms. The highest BCUT2D eigenvalue weighted by atomic mass is 35.5. The normalized spacial score (nSPS) is 13.2. The molecule has 17 heavy (non-hydrogen) atoms. The predicted octanol–water partition coefficient (Wildman–Crippen LogP) is 2.33. The van der Waals surface area contributed by atoms with Crippen LogP contribution in [-0.2, 0) is 6.42 Å². The summed E-state index contributed by atoms with van der Waals surface area (Å²) in [6.45, 7) is 0.260. The van der Waals surface area contributed by atoms with Gasteiger partial charge in [0.15, 0.2) is 11.5 Å². The number of nitrogens with two attached hydrogens (primary N) is 1. The molecule has 0 unspecified atom stereocenters. The van der Waals surface area contributed by atoms with E-state index in [9.17, 15) is 0 Å². The molecular weight excluding hydrogens is 240 g/mol. The van der Waals surface area contributed by atoms with E-state index in [1.54, 1.807) is 0 Å². The SMILES string of the molecule is Nc1nc2cc3c(cc2cc1CCCl)OCO3. The second-order valence-electron chi connectivity index (χ2n) is 3.87. The monoisotopic (exact) mass is 250 g/mol. The number of nitrogen functional groups attached to an aromatic ring is 1. The van der Waals surface area contributed by atoms with Gasteiger partial charge in [0.1, 0.15) is 5.82 Å². The highest BCUT2D eigenvalue weighted by Crippen LogP contribution is 2.36. The highest BCUT2D eigenvalue weighted by molar-refractivity contribution is 6.18. The van der Waals surface area contributed by atoms with Gasteiger partial charge in [0.25, 0.3) is 0 Å². The molecule has 1 aromatic carbocycles. The number of benzene rings is 1. The van der Waals surface area contributed by atoms with Gasteiger partial charge in [-0.1, -0.05) is 0 Å². The fraction of sp³-hybridized carbons (Fsp3) is 0.250. The zero-order valence-electron chi connectivity index (χ0n) is 9.07. The molecule has 0 radical (unpaired) electrons. The van der Waals surface area contributed by atoms with Crippen molar-refractivity contribution in [2.75, 3.05) is 18.4 Å². The quantitative estimate of drug-likeness (QED) is 0.831. The van der Waals surface area contributed by atoms with E-state index in [2.05, 4.69) is 4.98 Å². The van der Waals surface area contributed by atoms with Gasteiger partial charge in [0, 0.05) is 17.3 Å². The summed E-state index contributed by atoms with van der Waals surface area (Å²) >= 11 is 5.72. The van der Waals surface area contributed by atoms with Gasteiger partial charge >= 0.3 is 0 Å². The average Bonchev–Trinajstić information content (AvgIpc) is 2.74. The number of aryl methyl sites for hydroxylation is 1. The molecule has 0 saturated heterocycles. The Morgan fingerprint density at radius 3 is 2.76 bits per heavy atom. The number of halogens is 1. The number of fused-ring (bicyclic) bond motifs is 2. The Morgan fingerprint density at radius 2 is 2.00 bits per heavy atom. The standard InChI is InChI=1S/C12H11ClN2O2/c13-2-1-7-3-8-4-10-11(17-6-16-10)5-9(8)15-12(7)14/h3-5H,1-2,6H2,(H2,14,15). The van der Waals surface area contributed by atoms with Crippen LogP contribution in [0.25, 0.3) is 10.9 Å². The summed E-state index contributed by atoms with van der Waals surface area (Å²) < 4.78 is 10.6. The molecule has 1 aliphatic heterocycles. The van der Waals surface area contributed by atoms with Crippen molar-refractivity contribution in [1.29, 1.82) is 0 Å². The molecule has 0 amide bonds. The summed E-state index contributed by atoms with van der Waals surface area (Å²) in [5, 5.41) is 0.989. The number of pyridine rings is 1. The van der Waals surface area contributed by atoms with Crippen LogP contribution in [0.5, 0.6) is 11.5 Å². The lowest BCUT2D eigenvalue weighted by atomic mass is 10.1. The molecule has 0 atom stereocenters. The molecule has 0 aliphatic carbocycles. The lowest BCUT2D eigenvalue weighted by Gasteiger charge is -2.06. The van der Waals surface area contributed by atoms with Gasteiger partial charge in [0.05, 0.1) is 5.52 Å². The molecular formula is C12H11ClN2O2. The van der Waals surface area contributed by atoms with Gasteiger partial charge in [-0.2, -0.15) is 0 Å². The van der Waals surface area contributed by atoms with Crippen LogP contribution >= 0.6 is 11.6 Å². The maximum atomic E-state index is 5.88. The van der Waals surface area contributed by atoms with Gasteiger partial charge in [-0.15, -0.1) is 11.6 Å². The van der Waals surface area contributed by atoms with E-state index in [4.69, 9.17) is 26.8 Å². The molecule has 2 heterocycles. The Kier molecular flexibility index (Phi) is 2.44. The first-order chi connectivity index (χ1) is 8.28. The topological polar surface area (TPSA) is 57.4 Å². The Labute approximate surface area is 103 Å². The molecule has 3 rings (SSSR count). The third kappa shape index (κ3) is 1.74. The number of ether oxygens (including phenoxy) is 2. The Balaban J connectivity index is 2.18. The van der Waals surface area contributed by atoms with E-state index >= 15 is 0 Å². The number of anilines is 1. The molecule has 0 bridgehead atoms. The summed E-state index contributed by atoms with van der Waals surface area (Å²) in [6, 6.07) is 5.77. The van der Waals surface area contributed by atoms with Crippen LogP contribution in [0.1, 0.15) is 5.56 Å². The van der Waals surface area contributed by atoms with Crippen molar-refractivity contribution >= 4 is 28.3 Å².